The number of benzene rings is 1. The highest BCUT2D eigenvalue weighted by atomic mass is 35.5. The van der Waals surface area contributed by atoms with Crippen LogP contribution in [0.25, 0.3) is 0 Å². The largest absolute Gasteiger partial charge is 0.305 e. The zero-order valence-electron chi connectivity index (χ0n) is 11.8. The van der Waals surface area contributed by atoms with Crippen molar-refractivity contribution in [3.63, 3.8) is 0 Å². The van der Waals surface area contributed by atoms with E-state index in [2.05, 4.69) is 4.90 Å². The van der Waals surface area contributed by atoms with Gasteiger partial charge in [0, 0.05) is 25.5 Å². The third-order valence-electron chi connectivity index (χ3n) is 3.57. The minimum Gasteiger partial charge on any atom is -0.305 e. The molecule has 6 heteroatoms. The van der Waals surface area contributed by atoms with Crippen molar-refractivity contribution in [2.24, 2.45) is 0 Å². The molecule has 2 rings (SSSR count). The van der Waals surface area contributed by atoms with Gasteiger partial charge in [-0.05, 0) is 31.1 Å². The van der Waals surface area contributed by atoms with Crippen molar-refractivity contribution in [2.45, 2.75) is 18.1 Å². The van der Waals surface area contributed by atoms with Crippen molar-refractivity contribution in [3.8, 4) is 0 Å². The van der Waals surface area contributed by atoms with Crippen LogP contribution in [0.3, 0.4) is 0 Å². The summed E-state index contributed by atoms with van der Waals surface area (Å²) in [7, 11) is -1.22. The standard InChI is InChI=1S/C14H21ClN2O2S/c1-16-6-3-7-17(9-8-16)20(18,19)12-14-5-2-4-13(10-14)11-15/h2,4-5,10H,3,6-9,11-12H2,1H3. The van der Waals surface area contributed by atoms with Gasteiger partial charge in [-0.2, -0.15) is 0 Å². The van der Waals surface area contributed by atoms with Crippen LogP contribution in [0.1, 0.15) is 17.5 Å². The number of hydrogen-bond acceptors (Lipinski definition) is 3. The first-order valence-corrected chi connectivity index (χ1v) is 8.96. The molecule has 0 bridgehead atoms. The SMILES string of the molecule is CN1CCCN(S(=O)(=O)Cc2cccc(CCl)c2)CC1. The van der Waals surface area contributed by atoms with Gasteiger partial charge in [0.05, 0.1) is 5.75 Å². The van der Waals surface area contributed by atoms with Crippen LogP contribution in [-0.2, 0) is 21.7 Å². The zero-order chi connectivity index (χ0) is 14.6. The number of rotatable bonds is 4. The fourth-order valence-corrected chi connectivity index (χ4v) is 4.12. The molecule has 1 aromatic rings. The molecule has 4 nitrogen and oxygen atoms in total. The zero-order valence-corrected chi connectivity index (χ0v) is 13.3. The third-order valence-corrected chi connectivity index (χ3v) is 5.73. The molecule has 0 saturated carbocycles. The van der Waals surface area contributed by atoms with Crippen molar-refractivity contribution in [1.82, 2.24) is 9.21 Å². The number of likely N-dealkylation sites (N-methyl/N-ethyl adjacent to an activating group) is 1. The summed E-state index contributed by atoms with van der Waals surface area (Å²) >= 11 is 5.79. The molecule has 1 fully saturated rings. The Labute approximate surface area is 126 Å². The van der Waals surface area contributed by atoms with E-state index in [0.717, 1.165) is 30.6 Å². The number of nitrogens with zero attached hydrogens (tertiary/aromatic N) is 2. The molecule has 1 heterocycles. The highest BCUT2D eigenvalue weighted by Gasteiger charge is 2.24. The molecular weight excluding hydrogens is 296 g/mol. The summed E-state index contributed by atoms with van der Waals surface area (Å²) < 4.78 is 26.6. The molecule has 0 unspecified atom stereocenters. The first-order chi connectivity index (χ1) is 9.51. The first kappa shape index (κ1) is 15.8. The maximum absolute atomic E-state index is 12.5. The van der Waals surface area contributed by atoms with Crippen LogP contribution >= 0.6 is 11.6 Å². The summed E-state index contributed by atoms with van der Waals surface area (Å²) in [6.45, 7) is 2.94. The van der Waals surface area contributed by atoms with Gasteiger partial charge < -0.3 is 4.90 Å². The molecular formula is C14H21ClN2O2S. The van der Waals surface area contributed by atoms with E-state index in [9.17, 15) is 8.42 Å². The van der Waals surface area contributed by atoms with E-state index in [0.29, 0.717) is 19.0 Å². The van der Waals surface area contributed by atoms with Crippen molar-refractivity contribution in [1.29, 1.82) is 0 Å². The van der Waals surface area contributed by atoms with E-state index < -0.39 is 10.0 Å². The van der Waals surface area contributed by atoms with Gasteiger partial charge in [-0.25, -0.2) is 12.7 Å². The fraction of sp³-hybridized carbons (Fsp3) is 0.571. The molecule has 0 atom stereocenters. The summed E-state index contributed by atoms with van der Waals surface area (Å²) in [4.78, 5) is 2.17. The molecule has 0 aromatic heterocycles. The average Bonchev–Trinajstić information content (AvgIpc) is 2.64. The Morgan fingerprint density at radius 1 is 1.15 bits per heavy atom. The minimum absolute atomic E-state index is 0.0570. The molecule has 1 aromatic carbocycles. The lowest BCUT2D eigenvalue weighted by molar-refractivity contribution is 0.347. The number of alkyl halides is 1. The predicted octanol–water partition coefficient (Wildman–Crippen LogP) is 1.89. The maximum Gasteiger partial charge on any atom is 0.218 e. The van der Waals surface area contributed by atoms with Gasteiger partial charge in [0.2, 0.25) is 10.0 Å². The van der Waals surface area contributed by atoms with Crippen LogP contribution in [0.4, 0.5) is 0 Å². The molecule has 20 heavy (non-hydrogen) atoms. The lowest BCUT2D eigenvalue weighted by atomic mass is 10.2. The van der Waals surface area contributed by atoms with Gasteiger partial charge >= 0.3 is 0 Å². The quantitative estimate of drug-likeness (QED) is 0.797. The van der Waals surface area contributed by atoms with Crippen LogP contribution in [0.15, 0.2) is 24.3 Å². The normalized spacial score (nSPS) is 18.9. The Morgan fingerprint density at radius 3 is 2.65 bits per heavy atom. The van der Waals surface area contributed by atoms with Gasteiger partial charge in [0.15, 0.2) is 0 Å². The lowest BCUT2D eigenvalue weighted by Crippen LogP contribution is -2.35. The van der Waals surface area contributed by atoms with Crippen LogP contribution in [0.5, 0.6) is 0 Å². The Kier molecular flexibility index (Phi) is 5.43. The van der Waals surface area contributed by atoms with Gasteiger partial charge in [-0.3, -0.25) is 0 Å². The van der Waals surface area contributed by atoms with Crippen molar-refractivity contribution in [3.05, 3.63) is 35.4 Å². The summed E-state index contributed by atoms with van der Waals surface area (Å²) in [6.07, 6.45) is 0.886. The summed E-state index contributed by atoms with van der Waals surface area (Å²) in [6, 6.07) is 7.48. The molecule has 0 N–H and O–H groups in total. The molecule has 1 saturated heterocycles. The van der Waals surface area contributed by atoms with Gasteiger partial charge in [0.1, 0.15) is 0 Å². The summed E-state index contributed by atoms with van der Waals surface area (Å²) in [5.41, 5.74) is 1.76. The van der Waals surface area contributed by atoms with Crippen LogP contribution in [-0.4, -0.2) is 50.8 Å². The molecule has 0 amide bonds. The van der Waals surface area contributed by atoms with Crippen molar-refractivity contribution in [2.75, 3.05) is 33.2 Å². The van der Waals surface area contributed by atoms with E-state index in [1.165, 1.54) is 0 Å². The topological polar surface area (TPSA) is 40.6 Å². The van der Waals surface area contributed by atoms with Crippen molar-refractivity contribution < 1.29 is 8.42 Å². The Balaban J connectivity index is 2.09. The van der Waals surface area contributed by atoms with Crippen LogP contribution in [0, 0.1) is 0 Å². The second kappa shape index (κ2) is 6.89. The lowest BCUT2D eigenvalue weighted by Gasteiger charge is -2.20. The molecule has 112 valence electrons. The molecule has 1 aliphatic heterocycles. The van der Waals surface area contributed by atoms with E-state index in [1.807, 2.05) is 31.3 Å². The maximum atomic E-state index is 12.5. The molecule has 0 aliphatic carbocycles. The summed E-state index contributed by atoms with van der Waals surface area (Å²) in [5, 5.41) is 0. The van der Waals surface area contributed by atoms with Gasteiger partial charge in [-0.1, -0.05) is 24.3 Å². The number of sulfonamides is 1. The van der Waals surface area contributed by atoms with E-state index in [1.54, 1.807) is 4.31 Å². The molecule has 1 aliphatic rings. The Morgan fingerprint density at radius 2 is 1.90 bits per heavy atom. The van der Waals surface area contributed by atoms with E-state index in [-0.39, 0.29) is 5.75 Å². The van der Waals surface area contributed by atoms with E-state index in [4.69, 9.17) is 11.6 Å². The molecule has 0 radical (unpaired) electrons. The van der Waals surface area contributed by atoms with Crippen molar-refractivity contribution >= 4 is 21.6 Å². The minimum atomic E-state index is -3.24. The van der Waals surface area contributed by atoms with E-state index >= 15 is 0 Å². The number of hydrogen-bond donors (Lipinski definition) is 0. The smallest absolute Gasteiger partial charge is 0.218 e. The van der Waals surface area contributed by atoms with Crippen LogP contribution in [0.2, 0.25) is 0 Å². The second-order valence-electron chi connectivity index (χ2n) is 5.27. The van der Waals surface area contributed by atoms with Gasteiger partial charge in [-0.15, -0.1) is 11.6 Å². The highest BCUT2D eigenvalue weighted by molar-refractivity contribution is 7.88. The first-order valence-electron chi connectivity index (χ1n) is 6.81. The number of halogens is 1. The Hall–Kier alpha value is -0.620. The monoisotopic (exact) mass is 316 g/mol. The second-order valence-corrected chi connectivity index (χ2v) is 7.50. The fourth-order valence-electron chi connectivity index (χ4n) is 2.41. The van der Waals surface area contributed by atoms with Crippen LogP contribution < -0.4 is 0 Å². The Bertz CT molecular complexity index is 548. The molecule has 0 spiro atoms. The summed E-state index contributed by atoms with van der Waals surface area (Å²) in [5.74, 6) is 0.462. The third kappa shape index (κ3) is 4.19. The average molecular weight is 317 g/mol. The highest BCUT2D eigenvalue weighted by Crippen LogP contribution is 2.15. The van der Waals surface area contributed by atoms with Gasteiger partial charge in [0.25, 0.3) is 0 Å². The predicted molar refractivity (Wildman–Crippen MR) is 82.3 cm³/mol.